The molecular weight excluding hydrogens is 334 g/mol. The minimum Gasteiger partial charge on any atom is -0.369 e. The average Bonchev–Trinajstić information content (AvgIpc) is 3.07. The van der Waals surface area contributed by atoms with E-state index in [4.69, 9.17) is 11.6 Å². The van der Waals surface area contributed by atoms with Gasteiger partial charge in [0, 0.05) is 50.0 Å². The minimum absolute atomic E-state index is 0.416. The first-order valence-electron chi connectivity index (χ1n) is 9.30. The lowest BCUT2D eigenvalue weighted by Crippen LogP contribution is -2.47. The number of nitrogens with zero attached hydrogens (tertiary/aromatic N) is 3. The van der Waals surface area contributed by atoms with Crippen molar-refractivity contribution in [1.29, 1.82) is 0 Å². The van der Waals surface area contributed by atoms with E-state index in [1.54, 1.807) is 0 Å². The van der Waals surface area contributed by atoms with E-state index in [2.05, 4.69) is 38.5 Å². The van der Waals surface area contributed by atoms with Gasteiger partial charge in [0.05, 0.1) is 0 Å². The van der Waals surface area contributed by atoms with Crippen LogP contribution in [0.1, 0.15) is 19.3 Å². The normalized spacial score (nSPS) is 25.2. The third kappa shape index (κ3) is 5.25. The van der Waals surface area contributed by atoms with Crippen LogP contribution < -0.4 is 15.5 Å². The Labute approximate surface area is 156 Å². The molecule has 0 amide bonds. The molecule has 2 unspecified atom stereocenters. The fourth-order valence-corrected chi connectivity index (χ4v) is 4.04. The Hall–Kier alpha value is -1.46. The molecule has 2 aliphatic heterocycles. The van der Waals surface area contributed by atoms with Crippen molar-refractivity contribution >= 4 is 23.2 Å². The molecule has 5 nitrogen and oxygen atoms in total. The summed E-state index contributed by atoms with van der Waals surface area (Å²) in [6.45, 7) is 5.42. The van der Waals surface area contributed by atoms with Gasteiger partial charge in [-0.1, -0.05) is 17.7 Å². The maximum absolute atomic E-state index is 6.12. The Morgan fingerprint density at radius 2 is 2.16 bits per heavy atom. The SMILES string of the molecule is CN=C(NCC1CCCN(C)C1)NC1CCN(c2cccc(Cl)c2)C1. The third-order valence-corrected chi connectivity index (χ3v) is 5.44. The van der Waals surface area contributed by atoms with E-state index >= 15 is 0 Å². The van der Waals surface area contributed by atoms with Crippen LogP contribution in [0.25, 0.3) is 0 Å². The molecular formula is C19H30ClN5. The van der Waals surface area contributed by atoms with Gasteiger partial charge >= 0.3 is 0 Å². The molecule has 0 aromatic heterocycles. The zero-order valence-corrected chi connectivity index (χ0v) is 16.1. The maximum Gasteiger partial charge on any atom is 0.191 e. The molecule has 2 aliphatic rings. The van der Waals surface area contributed by atoms with Crippen molar-refractivity contribution < 1.29 is 0 Å². The molecule has 3 rings (SSSR count). The van der Waals surface area contributed by atoms with E-state index in [9.17, 15) is 0 Å². The molecule has 1 aromatic rings. The molecule has 2 fully saturated rings. The molecule has 0 bridgehead atoms. The quantitative estimate of drug-likeness (QED) is 0.637. The van der Waals surface area contributed by atoms with Gasteiger partial charge in [-0.25, -0.2) is 0 Å². The number of piperidine rings is 1. The van der Waals surface area contributed by atoms with Crippen molar-refractivity contribution in [3.05, 3.63) is 29.3 Å². The van der Waals surface area contributed by atoms with Crippen LogP contribution in [0.4, 0.5) is 5.69 Å². The number of nitrogens with one attached hydrogen (secondary N) is 2. The summed E-state index contributed by atoms with van der Waals surface area (Å²) in [6.07, 6.45) is 3.71. The van der Waals surface area contributed by atoms with E-state index < -0.39 is 0 Å². The van der Waals surface area contributed by atoms with Gasteiger partial charge in [-0.2, -0.15) is 0 Å². The predicted molar refractivity (Wildman–Crippen MR) is 107 cm³/mol. The number of guanidine groups is 1. The largest absolute Gasteiger partial charge is 0.369 e. The molecule has 0 saturated carbocycles. The highest BCUT2D eigenvalue weighted by molar-refractivity contribution is 6.30. The van der Waals surface area contributed by atoms with Crippen molar-refractivity contribution in [3.8, 4) is 0 Å². The van der Waals surface area contributed by atoms with E-state index in [-0.39, 0.29) is 0 Å². The maximum atomic E-state index is 6.12. The number of anilines is 1. The highest BCUT2D eigenvalue weighted by Gasteiger charge is 2.24. The summed E-state index contributed by atoms with van der Waals surface area (Å²) in [5.41, 5.74) is 1.20. The smallest absolute Gasteiger partial charge is 0.191 e. The Balaban J connectivity index is 1.46. The number of likely N-dealkylation sites (tertiary alicyclic amines) is 1. The summed E-state index contributed by atoms with van der Waals surface area (Å²) >= 11 is 6.12. The second-order valence-corrected chi connectivity index (χ2v) is 7.72. The fraction of sp³-hybridized carbons (Fsp3) is 0.632. The minimum atomic E-state index is 0.416. The standard InChI is InChI=1S/C19H30ClN5/c1-21-19(22-12-15-5-4-9-24(2)13-15)23-17-8-10-25(14-17)18-7-3-6-16(20)11-18/h3,6-7,11,15,17H,4-5,8-10,12-14H2,1-2H3,(H2,21,22,23). The predicted octanol–water partition coefficient (Wildman–Crippen LogP) is 2.43. The number of aliphatic imine (C=N–C) groups is 1. The molecule has 2 atom stereocenters. The summed E-state index contributed by atoms with van der Waals surface area (Å²) < 4.78 is 0. The van der Waals surface area contributed by atoms with Crippen molar-refractivity contribution in [2.45, 2.75) is 25.3 Å². The Morgan fingerprint density at radius 3 is 2.92 bits per heavy atom. The second-order valence-electron chi connectivity index (χ2n) is 7.28. The van der Waals surface area contributed by atoms with Crippen LogP contribution in [0.5, 0.6) is 0 Å². The van der Waals surface area contributed by atoms with Crippen molar-refractivity contribution in [2.75, 3.05) is 51.7 Å². The van der Waals surface area contributed by atoms with Gasteiger partial charge in [-0.3, -0.25) is 4.99 Å². The fourth-order valence-electron chi connectivity index (χ4n) is 3.85. The molecule has 2 heterocycles. The van der Waals surface area contributed by atoms with Crippen molar-refractivity contribution in [2.24, 2.45) is 10.9 Å². The second kappa shape index (κ2) is 8.77. The van der Waals surface area contributed by atoms with Gasteiger partial charge in [0.1, 0.15) is 0 Å². The number of benzene rings is 1. The first-order valence-corrected chi connectivity index (χ1v) is 9.68. The van der Waals surface area contributed by atoms with Gasteiger partial charge in [0.15, 0.2) is 5.96 Å². The molecule has 0 radical (unpaired) electrons. The van der Waals surface area contributed by atoms with Crippen molar-refractivity contribution in [3.63, 3.8) is 0 Å². The zero-order chi connectivity index (χ0) is 17.6. The molecule has 2 N–H and O–H groups in total. The summed E-state index contributed by atoms with van der Waals surface area (Å²) in [4.78, 5) is 9.21. The van der Waals surface area contributed by atoms with E-state index in [1.807, 2.05) is 25.2 Å². The van der Waals surface area contributed by atoms with Gasteiger partial charge in [-0.05, 0) is 57.0 Å². The molecule has 2 saturated heterocycles. The Morgan fingerprint density at radius 1 is 1.28 bits per heavy atom. The Bertz CT molecular complexity index is 591. The number of hydrogen-bond acceptors (Lipinski definition) is 3. The molecule has 0 spiro atoms. The first-order chi connectivity index (χ1) is 12.1. The summed E-state index contributed by atoms with van der Waals surface area (Å²) in [6, 6.07) is 8.52. The van der Waals surface area contributed by atoms with E-state index in [0.717, 1.165) is 37.0 Å². The van der Waals surface area contributed by atoms with Gasteiger partial charge in [0.2, 0.25) is 0 Å². The van der Waals surface area contributed by atoms with Crippen LogP contribution in [0.3, 0.4) is 0 Å². The van der Waals surface area contributed by atoms with Crippen LogP contribution in [-0.2, 0) is 0 Å². The summed E-state index contributed by atoms with van der Waals surface area (Å²) in [5, 5.41) is 7.90. The summed E-state index contributed by atoms with van der Waals surface area (Å²) in [7, 11) is 4.06. The van der Waals surface area contributed by atoms with Crippen LogP contribution in [-0.4, -0.2) is 63.7 Å². The monoisotopic (exact) mass is 363 g/mol. The number of hydrogen-bond donors (Lipinski definition) is 2. The highest BCUT2D eigenvalue weighted by atomic mass is 35.5. The lowest BCUT2D eigenvalue weighted by atomic mass is 9.99. The molecule has 1 aromatic carbocycles. The molecule has 0 aliphatic carbocycles. The molecule has 25 heavy (non-hydrogen) atoms. The van der Waals surface area contributed by atoms with Gasteiger partial charge in [-0.15, -0.1) is 0 Å². The van der Waals surface area contributed by atoms with E-state index in [1.165, 1.54) is 31.6 Å². The van der Waals surface area contributed by atoms with E-state index in [0.29, 0.717) is 12.0 Å². The first kappa shape index (κ1) is 18.3. The summed E-state index contributed by atoms with van der Waals surface area (Å²) in [5.74, 6) is 1.63. The number of halogens is 1. The van der Waals surface area contributed by atoms with Crippen LogP contribution in [0.15, 0.2) is 29.3 Å². The van der Waals surface area contributed by atoms with Crippen LogP contribution in [0.2, 0.25) is 5.02 Å². The van der Waals surface area contributed by atoms with Crippen LogP contribution in [0, 0.1) is 5.92 Å². The molecule has 6 heteroatoms. The van der Waals surface area contributed by atoms with Crippen molar-refractivity contribution in [1.82, 2.24) is 15.5 Å². The van der Waals surface area contributed by atoms with Gasteiger partial charge in [0.25, 0.3) is 0 Å². The zero-order valence-electron chi connectivity index (χ0n) is 15.3. The third-order valence-electron chi connectivity index (χ3n) is 5.21. The molecule has 138 valence electrons. The topological polar surface area (TPSA) is 42.9 Å². The lowest BCUT2D eigenvalue weighted by Gasteiger charge is -2.30. The number of rotatable bonds is 4. The average molecular weight is 364 g/mol. The highest BCUT2D eigenvalue weighted by Crippen LogP contribution is 2.23. The van der Waals surface area contributed by atoms with Gasteiger partial charge < -0.3 is 20.4 Å². The lowest BCUT2D eigenvalue weighted by molar-refractivity contribution is 0.210. The van der Waals surface area contributed by atoms with Crippen LogP contribution >= 0.6 is 11.6 Å². The Kier molecular flexibility index (Phi) is 6.43.